The van der Waals surface area contributed by atoms with Gasteiger partial charge in [-0.05, 0) is 56.1 Å². The molecular weight excluding hydrogens is 364 g/mol. The zero-order valence-electron chi connectivity index (χ0n) is 17.3. The van der Waals surface area contributed by atoms with Crippen LogP contribution in [-0.2, 0) is 11.3 Å². The van der Waals surface area contributed by atoms with Crippen molar-refractivity contribution in [3.8, 4) is 0 Å². The molecule has 2 aromatic carbocycles. The summed E-state index contributed by atoms with van der Waals surface area (Å²) >= 11 is 0. The molecule has 2 N–H and O–H groups in total. The lowest BCUT2D eigenvalue weighted by molar-refractivity contribution is -0.121. The number of anilines is 1. The minimum absolute atomic E-state index is 0.236. The van der Waals surface area contributed by atoms with E-state index in [0.29, 0.717) is 0 Å². The molecule has 1 heterocycles. The summed E-state index contributed by atoms with van der Waals surface area (Å²) in [6.07, 6.45) is 1.01. The third kappa shape index (κ3) is 6.41. The zero-order valence-corrected chi connectivity index (χ0v) is 17.3. The minimum Gasteiger partial charge on any atom is -0.307 e. The molecule has 3 amide bonds. The molecule has 0 bridgehead atoms. The van der Waals surface area contributed by atoms with Crippen LogP contribution in [0, 0.1) is 13.8 Å². The van der Waals surface area contributed by atoms with Crippen molar-refractivity contribution < 1.29 is 9.59 Å². The number of nitrogens with one attached hydrogen (secondary N) is 2. The summed E-state index contributed by atoms with van der Waals surface area (Å²) in [6.45, 7) is 8.71. The molecule has 6 heteroatoms. The van der Waals surface area contributed by atoms with Gasteiger partial charge < -0.3 is 5.32 Å². The first-order chi connectivity index (χ1) is 14.0. The largest absolute Gasteiger partial charge is 0.325 e. The molecule has 6 nitrogen and oxygen atoms in total. The van der Waals surface area contributed by atoms with Gasteiger partial charge in [-0.1, -0.05) is 42.5 Å². The molecule has 29 heavy (non-hydrogen) atoms. The Hall–Kier alpha value is -2.70. The number of carbonyl (C=O) groups excluding carboxylic acids is 2. The number of hydrogen-bond acceptors (Lipinski definition) is 4. The number of imide groups is 1. The van der Waals surface area contributed by atoms with Gasteiger partial charge in [0.15, 0.2) is 0 Å². The van der Waals surface area contributed by atoms with Crippen LogP contribution in [0.3, 0.4) is 0 Å². The average molecular weight is 395 g/mol. The van der Waals surface area contributed by atoms with Crippen LogP contribution in [0.4, 0.5) is 10.5 Å². The standard InChI is InChI=1S/C23H30N4O2/c1-18-8-6-11-21(19(18)2)24-23(29)25-22(28)17-27-13-7-12-26(14-15-27)16-20-9-4-3-5-10-20/h3-6,8-11H,7,12-17H2,1-2H3,(H2,24,25,28,29). The highest BCUT2D eigenvalue weighted by Crippen LogP contribution is 2.17. The van der Waals surface area contributed by atoms with Crippen LogP contribution in [0.5, 0.6) is 0 Å². The van der Waals surface area contributed by atoms with Crippen LogP contribution in [0.1, 0.15) is 23.1 Å². The summed E-state index contributed by atoms with van der Waals surface area (Å²) in [6, 6.07) is 15.7. The van der Waals surface area contributed by atoms with E-state index in [-0.39, 0.29) is 12.5 Å². The fourth-order valence-electron chi connectivity index (χ4n) is 3.59. The first-order valence-corrected chi connectivity index (χ1v) is 10.2. The normalized spacial score (nSPS) is 15.5. The number of carbonyl (C=O) groups is 2. The van der Waals surface area contributed by atoms with Gasteiger partial charge in [-0.3, -0.25) is 19.9 Å². The minimum atomic E-state index is -0.482. The van der Waals surface area contributed by atoms with E-state index in [0.717, 1.165) is 56.0 Å². The van der Waals surface area contributed by atoms with Crippen LogP contribution >= 0.6 is 0 Å². The quantitative estimate of drug-likeness (QED) is 0.818. The predicted octanol–water partition coefficient (Wildman–Crippen LogP) is 3.16. The topological polar surface area (TPSA) is 64.7 Å². The van der Waals surface area contributed by atoms with Crippen molar-refractivity contribution in [3.05, 3.63) is 65.2 Å². The Morgan fingerprint density at radius 1 is 0.897 bits per heavy atom. The summed E-state index contributed by atoms with van der Waals surface area (Å²) in [5.74, 6) is -0.274. The van der Waals surface area contributed by atoms with Gasteiger partial charge in [0, 0.05) is 25.3 Å². The van der Waals surface area contributed by atoms with Crippen molar-refractivity contribution in [2.45, 2.75) is 26.8 Å². The molecule has 0 atom stereocenters. The molecular formula is C23H30N4O2. The van der Waals surface area contributed by atoms with E-state index >= 15 is 0 Å². The SMILES string of the molecule is Cc1cccc(NC(=O)NC(=O)CN2CCCN(Cc3ccccc3)CC2)c1C. The van der Waals surface area contributed by atoms with Crippen molar-refractivity contribution in [2.24, 2.45) is 0 Å². The highest BCUT2D eigenvalue weighted by atomic mass is 16.2. The lowest BCUT2D eigenvalue weighted by Gasteiger charge is -2.21. The molecule has 1 aliphatic heterocycles. The fourth-order valence-corrected chi connectivity index (χ4v) is 3.59. The van der Waals surface area contributed by atoms with E-state index in [1.807, 2.05) is 38.1 Å². The Balaban J connectivity index is 1.44. The third-order valence-corrected chi connectivity index (χ3v) is 5.40. The smallest absolute Gasteiger partial charge is 0.307 e. The number of urea groups is 1. The van der Waals surface area contributed by atoms with E-state index in [1.165, 1.54) is 5.56 Å². The Labute approximate surface area is 172 Å². The van der Waals surface area contributed by atoms with Gasteiger partial charge in [0.25, 0.3) is 0 Å². The van der Waals surface area contributed by atoms with E-state index in [1.54, 1.807) is 0 Å². The van der Waals surface area contributed by atoms with Crippen LogP contribution in [0.25, 0.3) is 0 Å². The van der Waals surface area contributed by atoms with Crippen molar-refractivity contribution in [3.63, 3.8) is 0 Å². The lowest BCUT2D eigenvalue weighted by Crippen LogP contribution is -2.43. The first-order valence-electron chi connectivity index (χ1n) is 10.2. The molecule has 0 aliphatic carbocycles. The molecule has 2 aromatic rings. The maximum absolute atomic E-state index is 12.3. The van der Waals surface area contributed by atoms with Crippen LogP contribution in [-0.4, -0.2) is 54.5 Å². The van der Waals surface area contributed by atoms with Gasteiger partial charge in [-0.2, -0.15) is 0 Å². The van der Waals surface area contributed by atoms with E-state index in [4.69, 9.17) is 0 Å². The van der Waals surface area contributed by atoms with E-state index < -0.39 is 6.03 Å². The number of rotatable bonds is 5. The molecule has 1 aliphatic rings. The van der Waals surface area contributed by atoms with Crippen LogP contribution in [0.2, 0.25) is 0 Å². The van der Waals surface area contributed by atoms with Gasteiger partial charge in [0.1, 0.15) is 0 Å². The predicted molar refractivity (Wildman–Crippen MR) is 116 cm³/mol. The van der Waals surface area contributed by atoms with Crippen molar-refractivity contribution in [1.29, 1.82) is 0 Å². The summed E-state index contributed by atoms with van der Waals surface area (Å²) < 4.78 is 0. The number of aryl methyl sites for hydroxylation is 1. The van der Waals surface area contributed by atoms with E-state index in [2.05, 4.69) is 44.7 Å². The number of hydrogen-bond donors (Lipinski definition) is 2. The highest BCUT2D eigenvalue weighted by molar-refractivity contribution is 6.02. The van der Waals surface area contributed by atoms with Crippen molar-refractivity contribution in [1.82, 2.24) is 15.1 Å². The Morgan fingerprint density at radius 2 is 1.62 bits per heavy atom. The third-order valence-electron chi connectivity index (χ3n) is 5.40. The molecule has 0 saturated carbocycles. The summed E-state index contributed by atoms with van der Waals surface area (Å²) in [4.78, 5) is 29.0. The Morgan fingerprint density at radius 3 is 2.41 bits per heavy atom. The number of amides is 3. The monoisotopic (exact) mass is 394 g/mol. The van der Waals surface area contributed by atoms with Crippen LogP contribution in [0.15, 0.2) is 48.5 Å². The highest BCUT2D eigenvalue weighted by Gasteiger charge is 2.18. The van der Waals surface area contributed by atoms with Crippen molar-refractivity contribution >= 4 is 17.6 Å². The number of benzene rings is 2. The summed E-state index contributed by atoms with van der Waals surface area (Å²) in [5, 5.41) is 5.22. The molecule has 1 fully saturated rings. The van der Waals surface area contributed by atoms with Gasteiger partial charge in [0.2, 0.25) is 5.91 Å². The first kappa shape index (κ1) is 21.0. The molecule has 0 unspecified atom stereocenters. The van der Waals surface area contributed by atoms with E-state index in [9.17, 15) is 9.59 Å². The maximum atomic E-state index is 12.3. The molecule has 154 valence electrons. The fraction of sp³-hybridized carbons (Fsp3) is 0.391. The number of nitrogens with zero attached hydrogens (tertiary/aromatic N) is 2. The summed E-state index contributed by atoms with van der Waals surface area (Å²) in [7, 11) is 0. The second-order valence-corrected chi connectivity index (χ2v) is 7.64. The Kier molecular flexibility index (Phi) is 7.38. The molecule has 0 aromatic heterocycles. The summed E-state index contributed by atoms with van der Waals surface area (Å²) in [5.41, 5.74) is 4.13. The van der Waals surface area contributed by atoms with Gasteiger partial charge in [-0.25, -0.2) is 4.79 Å². The Bertz CT molecular complexity index is 838. The van der Waals surface area contributed by atoms with Gasteiger partial charge >= 0.3 is 6.03 Å². The second-order valence-electron chi connectivity index (χ2n) is 7.64. The average Bonchev–Trinajstić information content (AvgIpc) is 2.91. The molecule has 3 rings (SSSR count). The molecule has 0 radical (unpaired) electrons. The molecule has 1 saturated heterocycles. The van der Waals surface area contributed by atoms with Crippen LogP contribution < -0.4 is 10.6 Å². The zero-order chi connectivity index (χ0) is 20.6. The second kappa shape index (κ2) is 10.2. The van der Waals surface area contributed by atoms with Crippen molar-refractivity contribution in [2.75, 3.05) is 38.0 Å². The van der Waals surface area contributed by atoms with Gasteiger partial charge in [-0.15, -0.1) is 0 Å². The van der Waals surface area contributed by atoms with Gasteiger partial charge in [0.05, 0.1) is 6.54 Å². The maximum Gasteiger partial charge on any atom is 0.325 e. The lowest BCUT2D eigenvalue weighted by atomic mass is 10.1. The molecule has 0 spiro atoms.